The summed E-state index contributed by atoms with van der Waals surface area (Å²) in [5.74, 6) is 1.54. The zero-order valence-corrected chi connectivity index (χ0v) is 12.8. The molecule has 2 atom stereocenters. The Morgan fingerprint density at radius 1 is 1.05 bits per heavy atom. The van der Waals surface area contributed by atoms with Gasteiger partial charge in [-0.15, -0.1) is 0 Å². The highest BCUT2D eigenvalue weighted by Crippen LogP contribution is 2.30. The molecule has 2 unspecified atom stereocenters. The van der Waals surface area contributed by atoms with E-state index in [0.29, 0.717) is 19.1 Å². The molecule has 19 heavy (non-hydrogen) atoms. The van der Waals surface area contributed by atoms with E-state index < -0.39 is 0 Å². The van der Waals surface area contributed by atoms with Crippen LogP contribution in [0.4, 0.5) is 0 Å². The van der Waals surface area contributed by atoms with Crippen molar-refractivity contribution in [2.24, 2.45) is 11.8 Å². The van der Waals surface area contributed by atoms with E-state index in [4.69, 9.17) is 9.47 Å². The van der Waals surface area contributed by atoms with Crippen molar-refractivity contribution in [1.29, 1.82) is 0 Å². The van der Waals surface area contributed by atoms with Gasteiger partial charge in [0.15, 0.2) is 0 Å². The first kappa shape index (κ1) is 16.5. The van der Waals surface area contributed by atoms with Gasteiger partial charge in [-0.05, 0) is 50.9 Å². The molecular formula is C16H30O3. The van der Waals surface area contributed by atoms with Crippen LogP contribution in [0.25, 0.3) is 0 Å². The van der Waals surface area contributed by atoms with Crippen molar-refractivity contribution in [2.45, 2.75) is 71.8 Å². The standard InChI is InChI=1S/C16H30O3/c1-4-18-16(17)8-6-5-7-9-19-15-11-13(2)10-14(3)12-15/h13-15H,4-12H2,1-3H3. The second-order valence-electron chi connectivity index (χ2n) is 6.03. The molecule has 0 bridgehead atoms. The third kappa shape index (κ3) is 7.56. The molecule has 0 heterocycles. The van der Waals surface area contributed by atoms with Crippen molar-refractivity contribution in [3.63, 3.8) is 0 Å². The van der Waals surface area contributed by atoms with E-state index in [-0.39, 0.29) is 5.97 Å². The summed E-state index contributed by atoms with van der Waals surface area (Å²) < 4.78 is 10.9. The van der Waals surface area contributed by atoms with Crippen molar-refractivity contribution in [2.75, 3.05) is 13.2 Å². The maximum Gasteiger partial charge on any atom is 0.305 e. The Hall–Kier alpha value is -0.570. The SMILES string of the molecule is CCOC(=O)CCCCCOC1CC(C)CC(C)C1. The Kier molecular flexibility index (Phi) is 8.11. The molecule has 1 rings (SSSR count). The maximum absolute atomic E-state index is 11.1. The van der Waals surface area contributed by atoms with Crippen molar-refractivity contribution in [3.8, 4) is 0 Å². The molecule has 1 saturated carbocycles. The fraction of sp³-hybridized carbons (Fsp3) is 0.938. The van der Waals surface area contributed by atoms with E-state index >= 15 is 0 Å². The number of esters is 1. The van der Waals surface area contributed by atoms with E-state index in [2.05, 4.69) is 13.8 Å². The van der Waals surface area contributed by atoms with Gasteiger partial charge in [-0.2, -0.15) is 0 Å². The average molecular weight is 270 g/mol. The monoisotopic (exact) mass is 270 g/mol. The van der Waals surface area contributed by atoms with Gasteiger partial charge in [-0.25, -0.2) is 0 Å². The minimum absolute atomic E-state index is 0.0710. The van der Waals surface area contributed by atoms with Crippen molar-refractivity contribution in [1.82, 2.24) is 0 Å². The van der Waals surface area contributed by atoms with Gasteiger partial charge in [0.05, 0.1) is 12.7 Å². The zero-order valence-electron chi connectivity index (χ0n) is 12.8. The predicted octanol–water partition coefficient (Wildman–Crippen LogP) is 3.95. The van der Waals surface area contributed by atoms with E-state index in [0.717, 1.165) is 37.7 Å². The number of hydrogen-bond acceptors (Lipinski definition) is 3. The fourth-order valence-electron chi connectivity index (χ4n) is 3.04. The molecule has 0 aromatic carbocycles. The molecule has 1 aliphatic rings. The molecule has 0 saturated heterocycles. The van der Waals surface area contributed by atoms with Crippen LogP contribution in [0.1, 0.15) is 65.7 Å². The van der Waals surface area contributed by atoms with Crippen LogP contribution in [0, 0.1) is 11.8 Å². The number of carbonyl (C=O) groups is 1. The van der Waals surface area contributed by atoms with Crippen molar-refractivity contribution >= 4 is 5.97 Å². The predicted molar refractivity (Wildman–Crippen MR) is 77.0 cm³/mol. The summed E-state index contributed by atoms with van der Waals surface area (Å²) in [6, 6.07) is 0. The lowest BCUT2D eigenvalue weighted by atomic mass is 9.82. The van der Waals surface area contributed by atoms with Gasteiger partial charge in [0.1, 0.15) is 0 Å². The van der Waals surface area contributed by atoms with Crippen LogP contribution >= 0.6 is 0 Å². The summed E-state index contributed by atoms with van der Waals surface area (Å²) in [6.45, 7) is 7.82. The Morgan fingerprint density at radius 3 is 2.37 bits per heavy atom. The lowest BCUT2D eigenvalue weighted by Crippen LogP contribution is -2.26. The first-order valence-electron chi connectivity index (χ1n) is 7.89. The third-order valence-corrected chi connectivity index (χ3v) is 3.82. The van der Waals surface area contributed by atoms with Crippen LogP contribution in [-0.4, -0.2) is 25.3 Å². The molecule has 0 aromatic rings. The second kappa shape index (κ2) is 9.35. The maximum atomic E-state index is 11.1. The van der Waals surface area contributed by atoms with Crippen LogP contribution in [0.3, 0.4) is 0 Å². The van der Waals surface area contributed by atoms with E-state index in [1.807, 2.05) is 6.92 Å². The number of rotatable bonds is 8. The smallest absolute Gasteiger partial charge is 0.305 e. The first-order valence-corrected chi connectivity index (χ1v) is 7.89. The zero-order chi connectivity index (χ0) is 14.1. The molecule has 0 aliphatic heterocycles. The summed E-state index contributed by atoms with van der Waals surface area (Å²) in [5.41, 5.74) is 0. The largest absolute Gasteiger partial charge is 0.466 e. The molecule has 0 radical (unpaired) electrons. The topological polar surface area (TPSA) is 35.5 Å². The highest BCUT2D eigenvalue weighted by atomic mass is 16.5. The molecule has 1 aliphatic carbocycles. The van der Waals surface area contributed by atoms with Gasteiger partial charge in [0.25, 0.3) is 0 Å². The number of ether oxygens (including phenoxy) is 2. The van der Waals surface area contributed by atoms with Gasteiger partial charge < -0.3 is 9.47 Å². The molecular weight excluding hydrogens is 240 g/mol. The van der Waals surface area contributed by atoms with Crippen LogP contribution in [0.2, 0.25) is 0 Å². The van der Waals surface area contributed by atoms with E-state index in [9.17, 15) is 4.79 Å². The third-order valence-electron chi connectivity index (χ3n) is 3.82. The minimum Gasteiger partial charge on any atom is -0.466 e. The summed E-state index contributed by atoms with van der Waals surface area (Å²) in [6.07, 6.45) is 7.81. The van der Waals surface area contributed by atoms with Gasteiger partial charge in [0.2, 0.25) is 0 Å². The molecule has 1 fully saturated rings. The van der Waals surface area contributed by atoms with Gasteiger partial charge in [-0.3, -0.25) is 4.79 Å². The Bertz CT molecular complexity index is 242. The molecule has 0 spiro atoms. The normalized spacial score (nSPS) is 27.2. The molecule has 0 N–H and O–H groups in total. The highest BCUT2D eigenvalue weighted by molar-refractivity contribution is 5.69. The molecule has 112 valence electrons. The van der Waals surface area contributed by atoms with Crippen LogP contribution in [-0.2, 0) is 14.3 Å². The van der Waals surface area contributed by atoms with Gasteiger partial charge in [-0.1, -0.05) is 20.3 Å². The van der Waals surface area contributed by atoms with E-state index in [1.54, 1.807) is 0 Å². The molecule has 3 nitrogen and oxygen atoms in total. The highest BCUT2D eigenvalue weighted by Gasteiger charge is 2.23. The summed E-state index contributed by atoms with van der Waals surface area (Å²) in [7, 11) is 0. The summed E-state index contributed by atoms with van der Waals surface area (Å²) in [4.78, 5) is 11.1. The van der Waals surface area contributed by atoms with Crippen LogP contribution < -0.4 is 0 Å². The van der Waals surface area contributed by atoms with Crippen LogP contribution in [0.15, 0.2) is 0 Å². The molecule has 0 amide bonds. The van der Waals surface area contributed by atoms with Crippen molar-refractivity contribution in [3.05, 3.63) is 0 Å². The van der Waals surface area contributed by atoms with Crippen molar-refractivity contribution < 1.29 is 14.3 Å². The Labute approximate surface area is 118 Å². The summed E-state index contributed by atoms with van der Waals surface area (Å²) in [5, 5.41) is 0. The molecule has 3 heteroatoms. The average Bonchev–Trinajstić information content (AvgIpc) is 2.32. The first-order chi connectivity index (χ1) is 9.11. The van der Waals surface area contributed by atoms with E-state index in [1.165, 1.54) is 19.3 Å². The minimum atomic E-state index is -0.0710. The lowest BCUT2D eigenvalue weighted by Gasteiger charge is -2.31. The lowest BCUT2D eigenvalue weighted by molar-refractivity contribution is -0.143. The Balaban J connectivity index is 1.97. The number of hydrogen-bond donors (Lipinski definition) is 0. The Morgan fingerprint density at radius 2 is 1.74 bits per heavy atom. The quantitative estimate of drug-likeness (QED) is 0.495. The van der Waals surface area contributed by atoms with Gasteiger partial charge in [0, 0.05) is 13.0 Å². The summed E-state index contributed by atoms with van der Waals surface area (Å²) >= 11 is 0. The second-order valence-corrected chi connectivity index (χ2v) is 6.03. The fourth-order valence-corrected chi connectivity index (χ4v) is 3.04. The number of carbonyl (C=O) groups excluding carboxylic acids is 1. The number of unbranched alkanes of at least 4 members (excludes halogenated alkanes) is 2. The van der Waals surface area contributed by atoms with Crippen LogP contribution in [0.5, 0.6) is 0 Å². The van der Waals surface area contributed by atoms with Gasteiger partial charge >= 0.3 is 5.97 Å². The molecule has 0 aromatic heterocycles.